The van der Waals surface area contributed by atoms with Crippen LogP contribution in [0.4, 0.5) is 10.1 Å². The summed E-state index contributed by atoms with van der Waals surface area (Å²) in [6.45, 7) is 0. The van der Waals surface area contributed by atoms with Gasteiger partial charge in [-0.15, -0.1) is 11.3 Å². The quantitative estimate of drug-likeness (QED) is 0.589. The predicted molar refractivity (Wildman–Crippen MR) is 105 cm³/mol. The van der Waals surface area contributed by atoms with E-state index in [1.54, 1.807) is 12.1 Å². The van der Waals surface area contributed by atoms with Crippen LogP contribution in [0.15, 0.2) is 48.5 Å². The van der Waals surface area contributed by atoms with Crippen LogP contribution in [0.3, 0.4) is 0 Å². The number of rotatable bonds is 4. The van der Waals surface area contributed by atoms with Crippen LogP contribution in [0.2, 0.25) is 0 Å². The monoisotopic (exact) mass is 411 g/mol. The van der Waals surface area contributed by atoms with Crippen LogP contribution in [-0.2, 0) is 4.79 Å². The molecule has 0 unspecified atom stereocenters. The molecule has 1 amide bonds. The van der Waals surface area contributed by atoms with Crippen molar-refractivity contribution in [2.24, 2.45) is 0 Å². The topological polar surface area (TPSA) is 104 Å². The van der Waals surface area contributed by atoms with Gasteiger partial charge in [-0.05, 0) is 35.4 Å². The fraction of sp³-hybridized carbons (Fsp3) is 0.0952. The number of carbonyl (C=O) groups is 3. The van der Waals surface area contributed by atoms with Crippen molar-refractivity contribution in [2.45, 2.75) is 12.3 Å². The first kappa shape index (κ1) is 18.8. The van der Waals surface area contributed by atoms with Gasteiger partial charge in [0, 0.05) is 22.8 Å². The van der Waals surface area contributed by atoms with E-state index in [2.05, 4.69) is 5.32 Å². The van der Waals surface area contributed by atoms with E-state index in [9.17, 15) is 23.9 Å². The number of hydrogen-bond acceptors (Lipinski definition) is 4. The lowest BCUT2D eigenvalue weighted by molar-refractivity contribution is -0.116. The normalized spacial score (nSPS) is 15.5. The van der Waals surface area contributed by atoms with Crippen molar-refractivity contribution in [1.82, 2.24) is 0 Å². The van der Waals surface area contributed by atoms with Gasteiger partial charge in [0.1, 0.15) is 10.7 Å². The highest BCUT2D eigenvalue weighted by molar-refractivity contribution is 7.15. The first-order valence-corrected chi connectivity index (χ1v) is 9.46. The minimum Gasteiger partial charge on any atom is -0.478 e. The SMILES string of the molecule is O=C1C[C@@H](c2ccc(C(=O)O)cc2)c2sc(C(=O)O)c(-c3ccc(F)cc3)c2N1. The second-order valence-corrected chi connectivity index (χ2v) is 7.64. The van der Waals surface area contributed by atoms with Gasteiger partial charge in [-0.2, -0.15) is 0 Å². The van der Waals surface area contributed by atoms with E-state index in [-0.39, 0.29) is 22.8 Å². The minimum absolute atomic E-state index is 0.0518. The number of carbonyl (C=O) groups excluding carboxylic acids is 1. The number of fused-ring (bicyclic) bond motifs is 1. The molecular formula is C21H14FNO5S. The number of thiophene rings is 1. The fourth-order valence-corrected chi connectivity index (χ4v) is 4.70. The molecule has 6 nitrogen and oxygen atoms in total. The molecule has 2 heterocycles. The first-order chi connectivity index (χ1) is 13.8. The Bertz CT molecular complexity index is 1140. The molecule has 3 N–H and O–H groups in total. The Morgan fingerprint density at radius 1 is 1.00 bits per heavy atom. The summed E-state index contributed by atoms with van der Waals surface area (Å²) in [5.41, 5.74) is 2.08. The Morgan fingerprint density at radius 2 is 1.66 bits per heavy atom. The van der Waals surface area contributed by atoms with Crippen LogP contribution < -0.4 is 5.32 Å². The van der Waals surface area contributed by atoms with Gasteiger partial charge in [0.15, 0.2) is 0 Å². The van der Waals surface area contributed by atoms with Crippen LogP contribution >= 0.6 is 11.3 Å². The minimum atomic E-state index is -1.14. The molecule has 0 saturated heterocycles. The lowest BCUT2D eigenvalue weighted by Gasteiger charge is -2.24. The summed E-state index contributed by atoms with van der Waals surface area (Å²) in [5, 5.41) is 21.6. The predicted octanol–water partition coefficient (Wildman–Crippen LogP) is 4.42. The molecule has 0 radical (unpaired) electrons. The zero-order valence-electron chi connectivity index (χ0n) is 14.8. The molecule has 0 bridgehead atoms. The van der Waals surface area contributed by atoms with Gasteiger partial charge in [0.25, 0.3) is 0 Å². The Hall–Kier alpha value is -3.52. The number of amides is 1. The van der Waals surface area contributed by atoms with Gasteiger partial charge >= 0.3 is 11.9 Å². The van der Waals surface area contributed by atoms with Gasteiger partial charge in [-0.25, -0.2) is 14.0 Å². The molecule has 1 atom stereocenters. The summed E-state index contributed by atoms with van der Waals surface area (Å²) in [5.74, 6) is -3.32. The average Bonchev–Trinajstić information content (AvgIpc) is 3.07. The van der Waals surface area contributed by atoms with Gasteiger partial charge < -0.3 is 15.5 Å². The summed E-state index contributed by atoms with van der Waals surface area (Å²) in [6, 6.07) is 11.6. The second-order valence-electron chi connectivity index (χ2n) is 6.59. The number of anilines is 1. The first-order valence-electron chi connectivity index (χ1n) is 8.64. The Morgan fingerprint density at radius 3 is 2.24 bits per heavy atom. The molecule has 0 fully saturated rings. The number of hydrogen-bond donors (Lipinski definition) is 3. The molecule has 2 aromatic carbocycles. The van der Waals surface area contributed by atoms with Crippen molar-refractivity contribution in [1.29, 1.82) is 0 Å². The highest BCUT2D eigenvalue weighted by Crippen LogP contribution is 2.49. The van der Waals surface area contributed by atoms with Crippen LogP contribution in [0.1, 0.15) is 42.8 Å². The second kappa shape index (κ2) is 7.14. The molecule has 1 aliphatic heterocycles. The molecule has 0 aliphatic carbocycles. The number of aromatic carboxylic acids is 2. The van der Waals surface area contributed by atoms with Crippen LogP contribution in [0.5, 0.6) is 0 Å². The molecule has 3 aromatic rings. The molecule has 0 saturated carbocycles. The zero-order valence-corrected chi connectivity index (χ0v) is 15.6. The maximum absolute atomic E-state index is 13.3. The third-order valence-electron chi connectivity index (χ3n) is 4.79. The smallest absolute Gasteiger partial charge is 0.346 e. The summed E-state index contributed by atoms with van der Waals surface area (Å²) in [7, 11) is 0. The van der Waals surface area contributed by atoms with Crippen molar-refractivity contribution in [3.05, 3.63) is 75.2 Å². The molecule has 146 valence electrons. The highest BCUT2D eigenvalue weighted by atomic mass is 32.1. The number of halogens is 1. The zero-order chi connectivity index (χ0) is 20.7. The Balaban J connectivity index is 1.88. The van der Waals surface area contributed by atoms with E-state index >= 15 is 0 Å². The number of nitrogens with one attached hydrogen (secondary N) is 1. The summed E-state index contributed by atoms with van der Waals surface area (Å²) in [6.07, 6.45) is 0.113. The maximum atomic E-state index is 13.3. The summed E-state index contributed by atoms with van der Waals surface area (Å²) < 4.78 is 13.3. The van der Waals surface area contributed by atoms with Crippen LogP contribution in [0, 0.1) is 5.82 Å². The van der Waals surface area contributed by atoms with E-state index in [1.165, 1.54) is 36.4 Å². The largest absolute Gasteiger partial charge is 0.478 e. The molecule has 29 heavy (non-hydrogen) atoms. The fourth-order valence-electron chi connectivity index (χ4n) is 3.46. The molecule has 1 aliphatic rings. The van der Waals surface area contributed by atoms with Crippen molar-refractivity contribution < 1.29 is 29.0 Å². The Labute approximate surface area is 168 Å². The molecule has 8 heteroatoms. The van der Waals surface area contributed by atoms with Crippen molar-refractivity contribution in [3.63, 3.8) is 0 Å². The van der Waals surface area contributed by atoms with Gasteiger partial charge in [-0.1, -0.05) is 24.3 Å². The Kier molecular flexibility index (Phi) is 4.63. The van der Waals surface area contributed by atoms with E-state index in [1.807, 2.05) is 0 Å². The number of carboxylic acids is 2. The molecule has 0 spiro atoms. The third-order valence-corrected chi connectivity index (χ3v) is 6.08. The summed E-state index contributed by atoms with van der Waals surface area (Å²) in [4.78, 5) is 36.1. The van der Waals surface area contributed by atoms with E-state index < -0.39 is 23.7 Å². The maximum Gasteiger partial charge on any atom is 0.346 e. The van der Waals surface area contributed by atoms with Crippen molar-refractivity contribution >= 4 is 34.9 Å². The highest BCUT2D eigenvalue weighted by Gasteiger charge is 2.34. The average molecular weight is 411 g/mol. The molecular weight excluding hydrogens is 397 g/mol. The lowest BCUT2D eigenvalue weighted by Crippen LogP contribution is -2.22. The van der Waals surface area contributed by atoms with E-state index in [0.29, 0.717) is 21.7 Å². The lowest BCUT2D eigenvalue weighted by atomic mass is 9.88. The van der Waals surface area contributed by atoms with Gasteiger partial charge in [-0.3, -0.25) is 4.79 Å². The van der Waals surface area contributed by atoms with E-state index in [4.69, 9.17) is 5.11 Å². The standard InChI is InChI=1S/C21H14FNO5S/c22-13-7-5-11(6-8-13)16-17-18(29-19(16)21(27)28)14(9-15(24)23-17)10-1-3-12(4-2-10)20(25)26/h1-8,14H,9H2,(H,23,24)(H,25,26)(H,27,28)/t14-/m0/s1. The van der Waals surface area contributed by atoms with Gasteiger partial charge in [0.05, 0.1) is 11.3 Å². The van der Waals surface area contributed by atoms with Gasteiger partial charge in [0.2, 0.25) is 5.91 Å². The van der Waals surface area contributed by atoms with Crippen molar-refractivity contribution in [3.8, 4) is 11.1 Å². The van der Waals surface area contributed by atoms with E-state index in [0.717, 1.165) is 16.9 Å². The number of carboxylic acid groups (broad SMARTS) is 2. The number of benzene rings is 2. The molecule has 1 aromatic heterocycles. The molecule has 4 rings (SSSR count). The van der Waals surface area contributed by atoms with Crippen LogP contribution in [0.25, 0.3) is 11.1 Å². The summed E-state index contributed by atoms with van der Waals surface area (Å²) >= 11 is 1.06. The van der Waals surface area contributed by atoms with Crippen molar-refractivity contribution in [2.75, 3.05) is 5.32 Å². The van der Waals surface area contributed by atoms with Crippen LogP contribution in [-0.4, -0.2) is 28.1 Å². The third kappa shape index (κ3) is 3.38.